The van der Waals surface area contributed by atoms with Gasteiger partial charge in [-0.15, -0.1) is 0 Å². The van der Waals surface area contributed by atoms with Crippen molar-refractivity contribution in [3.63, 3.8) is 0 Å². The van der Waals surface area contributed by atoms with E-state index in [-0.39, 0.29) is 5.54 Å². The molecule has 1 aliphatic rings. The second-order valence-electron chi connectivity index (χ2n) is 5.58. The van der Waals surface area contributed by atoms with Gasteiger partial charge in [0.2, 0.25) is 0 Å². The quantitative estimate of drug-likeness (QED) is 0.902. The molecule has 0 saturated heterocycles. The average Bonchev–Trinajstić information content (AvgIpc) is 2.67. The summed E-state index contributed by atoms with van der Waals surface area (Å²) >= 11 is 3.59. The molecule has 0 bridgehead atoms. The van der Waals surface area contributed by atoms with Gasteiger partial charge in [0, 0.05) is 12.1 Å². The standard InChI is InChI=1S/C14H24BrN3O/c1-3-18-12(13(15)11(2)17-18)9-19-10-14(16)7-5-4-6-8-14/h3-10,16H2,1-2H3. The molecule has 1 saturated carbocycles. The lowest BCUT2D eigenvalue weighted by molar-refractivity contribution is 0.0536. The summed E-state index contributed by atoms with van der Waals surface area (Å²) in [5.74, 6) is 0. The molecule has 1 aromatic heterocycles. The average molecular weight is 330 g/mol. The van der Waals surface area contributed by atoms with Crippen molar-refractivity contribution in [2.45, 2.75) is 64.6 Å². The van der Waals surface area contributed by atoms with Crippen molar-refractivity contribution in [2.24, 2.45) is 5.73 Å². The molecule has 0 atom stereocenters. The third kappa shape index (κ3) is 3.58. The Labute approximate surface area is 123 Å². The first-order valence-electron chi connectivity index (χ1n) is 7.14. The van der Waals surface area contributed by atoms with Crippen molar-refractivity contribution in [3.05, 3.63) is 15.9 Å². The number of aryl methyl sites for hydroxylation is 2. The molecule has 4 nitrogen and oxygen atoms in total. The topological polar surface area (TPSA) is 53.1 Å². The fourth-order valence-corrected chi connectivity index (χ4v) is 3.16. The first-order valence-corrected chi connectivity index (χ1v) is 7.93. The van der Waals surface area contributed by atoms with Gasteiger partial charge in [0.1, 0.15) is 0 Å². The molecule has 0 spiro atoms. The van der Waals surface area contributed by atoms with Crippen molar-refractivity contribution < 1.29 is 4.74 Å². The molecule has 0 radical (unpaired) electrons. The van der Waals surface area contributed by atoms with Crippen LogP contribution in [0.4, 0.5) is 0 Å². The smallest absolute Gasteiger partial charge is 0.0897 e. The normalized spacial score (nSPS) is 18.7. The van der Waals surface area contributed by atoms with Gasteiger partial charge in [-0.05, 0) is 42.6 Å². The number of ether oxygens (including phenoxy) is 1. The third-order valence-electron chi connectivity index (χ3n) is 3.93. The van der Waals surface area contributed by atoms with E-state index in [0.717, 1.165) is 35.2 Å². The summed E-state index contributed by atoms with van der Waals surface area (Å²) in [4.78, 5) is 0. The number of nitrogens with zero attached hydrogens (tertiary/aromatic N) is 2. The van der Waals surface area contributed by atoms with Gasteiger partial charge in [-0.25, -0.2) is 0 Å². The van der Waals surface area contributed by atoms with E-state index < -0.39 is 0 Å². The molecule has 1 aliphatic carbocycles. The maximum atomic E-state index is 6.38. The van der Waals surface area contributed by atoms with Gasteiger partial charge in [0.25, 0.3) is 0 Å². The number of hydrogen-bond acceptors (Lipinski definition) is 3. The van der Waals surface area contributed by atoms with Crippen molar-refractivity contribution in [1.29, 1.82) is 0 Å². The van der Waals surface area contributed by atoms with Crippen molar-refractivity contribution >= 4 is 15.9 Å². The molecular formula is C14H24BrN3O. The summed E-state index contributed by atoms with van der Waals surface area (Å²) in [6.45, 7) is 6.18. The van der Waals surface area contributed by atoms with Gasteiger partial charge in [0.05, 0.1) is 29.1 Å². The van der Waals surface area contributed by atoms with E-state index in [1.165, 1.54) is 19.3 Å². The Hall–Kier alpha value is -0.390. The van der Waals surface area contributed by atoms with Crippen LogP contribution in [-0.2, 0) is 17.9 Å². The van der Waals surface area contributed by atoms with Gasteiger partial charge >= 0.3 is 0 Å². The van der Waals surface area contributed by atoms with Crippen LogP contribution in [0.2, 0.25) is 0 Å². The number of hydrogen-bond donors (Lipinski definition) is 1. The van der Waals surface area contributed by atoms with Crippen LogP contribution in [0, 0.1) is 6.92 Å². The maximum Gasteiger partial charge on any atom is 0.0897 e. The van der Waals surface area contributed by atoms with Crippen LogP contribution in [0.25, 0.3) is 0 Å². The lowest BCUT2D eigenvalue weighted by Gasteiger charge is -2.33. The van der Waals surface area contributed by atoms with Crippen LogP contribution in [0.5, 0.6) is 0 Å². The number of nitrogens with two attached hydrogens (primary N) is 1. The lowest BCUT2D eigenvalue weighted by Crippen LogP contribution is -2.46. The molecule has 0 unspecified atom stereocenters. The first-order chi connectivity index (χ1) is 9.06. The number of halogens is 1. The molecule has 0 amide bonds. The van der Waals surface area contributed by atoms with E-state index >= 15 is 0 Å². The lowest BCUT2D eigenvalue weighted by atomic mass is 9.83. The number of rotatable bonds is 5. The van der Waals surface area contributed by atoms with E-state index in [4.69, 9.17) is 10.5 Å². The number of aromatic nitrogens is 2. The highest BCUT2D eigenvalue weighted by molar-refractivity contribution is 9.10. The summed E-state index contributed by atoms with van der Waals surface area (Å²) in [5.41, 5.74) is 8.39. The monoisotopic (exact) mass is 329 g/mol. The van der Waals surface area contributed by atoms with Gasteiger partial charge in [-0.3, -0.25) is 4.68 Å². The predicted molar refractivity (Wildman–Crippen MR) is 80.0 cm³/mol. The Morgan fingerprint density at radius 2 is 2.05 bits per heavy atom. The molecule has 2 N–H and O–H groups in total. The summed E-state index contributed by atoms with van der Waals surface area (Å²) in [7, 11) is 0. The molecule has 0 aliphatic heterocycles. The van der Waals surface area contributed by atoms with Crippen molar-refractivity contribution in [2.75, 3.05) is 6.61 Å². The molecule has 5 heteroatoms. The van der Waals surface area contributed by atoms with Crippen molar-refractivity contribution in [1.82, 2.24) is 9.78 Å². The molecule has 1 heterocycles. The Bertz CT molecular complexity index is 425. The third-order valence-corrected chi connectivity index (χ3v) is 4.96. The zero-order valence-electron chi connectivity index (χ0n) is 11.9. The fourth-order valence-electron chi connectivity index (χ4n) is 2.76. The molecule has 108 valence electrons. The Morgan fingerprint density at radius 3 is 2.68 bits per heavy atom. The van der Waals surface area contributed by atoms with E-state index in [1.54, 1.807) is 0 Å². The summed E-state index contributed by atoms with van der Waals surface area (Å²) < 4.78 is 8.93. The minimum atomic E-state index is -0.114. The largest absolute Gasteiger partial charge is 0.373 e. The van der Waals surface area contributed by atoms with E-state index in [2.05, 4.69) is 28.0 Å². The van der Waals surface area contributed by atoms with Gasteiger partial charge < -0.3 is 10.5 Å². The minimum Gasteiger partial charge on any atom is -0.373 e. The molecular weight excluding hydrogens is 306 g/mol. The van der Waals surface area contributed by atoms with E-state index in [9.17, 15) is 0 Å². The first kappa shape index (κ1) is 15.0. The summed E-state index contributed by atoms with van der Waals surface area (Å²) in [5, 5.41) is 4.47. The van der Waals surface area contributed by atoms with Crippen LogP contribution in [0.3, 0.4) is 0 Å². The highest BCUT2D eigenvalue weighted by atomic mass is 79.9. The van der Waals surface area contributed by atoms with Gasteiger partial charge in [-0.1, -0.05) is 19.3 Å². The van der Waals surface area contributed by atoms with E-state index in [0.29, 0.717) is 13.2 Å². The predicted octanol–water partition coefficient (Wildman–Crippen LogP) is 3.15. The Balaban J connectivity index is 1.92. The van der Waals surface area contributed by atoms with E-state index in [1.807, 2.05) is 11.6 Å². The van der Waals surface area contributed by atoms with Crippen LogP contribution in [0.15, 0.2) is 4.47 Å². The van der Waals surface area contributed by atoms with Crippen LogP contribution in [-0.4, -0.2) is 21.9 Å². The van der Waals surface area contributed by atoms with Crippen LogP contribution >= 0.6 is 15.9 Å². The van der Waals surface area contributed by atoms with Crippen molar-refractivity contribution in [3.8, 4) is 0 Å². The molecule has 19 heavy (non-hydrogen) atoms. The van der Waals surface area contributed by atoms with Crippen LogP contribution in [0.1, 0.15) is 50.4 Å². The summed E-state index contributed by atoms with van der Waals surface area (Å²) in [6.07, 6.45) is 5.94. The van der Waals surface area contributed by atoms with Gasteiger partial charge in [-0.2, -0.15) is 5.10 Å². The fraction of sp³-hybridized carbons (Fsp3) is 0.786. The Morgan fingerprint density at radius 1 is 1.37 bits per heavy atom. The second kappa shape index (κ2) is 6.37. The second-order valence-corrected chi connectivity index (χ2v) is 6.37. The summed E-state index contributed by atoms with van der Waals surface area (Å²) in [6, 6.07) is 0. The zero-order valence-corrected chi connectivity index (χ0v) is 13.5. The molecule has 1 fully saturated rings. The maximum absolute atomic E-state index is 6.38. The highest BCUT2D eigenvalue weighted by Gasteiger charge is 2.27. The highest BCUT2D eigenvalue weighted by Crippen LogP contribution is 2.27. The SMILES string of the molecule is CCn1nc(C)c(Br)c1COCC1(N)CCCCC1. The molecule has 1 aromatic rings. The minimum absolute atomic E-state index is 0.114. The zero-order chi connectivity index (χ0) is 13.9. The van der Waals surface area contributed by atoms with Crippen LogP contribution < -0.4 is 5.73 Å². The molecule has 0 aromatic carbocycles. The van der Waals surface area contributed by atoms with Gasteiger partial charge in [0.15, 0.2) is 0 Å². The Kier molecular flexibility index (Phi) is 5.03. The molecule has 2 rings (SSSR count).